The minimum absolute atomic E-state index is 0.0700. The highest BCUT2D eigenvalue weighted by atomic mass is 32.2. The maximum Gasteiger partial charge on any atom is 0.307 e. The quantitative estimate of drug-likeness (QED) is 0.543. The van der Waals surface area contributed by atoms with E-state index in [0.29, 0.717) is 12.8 Å². The molecular formula is C27H36F2O6S. The number of esters is 1. The van der Waals surface area contributed by atoms with E-state index in [2.05, 4.69) is 6.92 Å². The largest absolute Gasteiger partial charge is 0.464 e. The highest BCUT2D eigenvalue weighted by Crippen LogP contribution is 2.74. The summed E-state index contributed by atoms with van der Waals surface area (Å²) in [6, 6.07) is 0. The third kappa shape index (κ3) is 3.12. The lowest BCUT2D eigenvalue weighted by Crippen LogP contribution is -2.70. The van der Waals surface area contributed by atoms with E-state index in [4.69, 9.17) is 14.2 Å². The Hall–Kier alpha value is -1.03. The molecular weight excluding hydrogens is 490 g/mol. The number of aliphatic hydroxyl groups excluding tert-OH is 1. The summed E-state index contributed by atoms with van der Waals surface area (Å²) < 4.78 is 51.6. The summed E-state index contributed by atoms with van der Waals surface area (Å²) in [5, 5.41) is 11.5. The minimum Gasteiger partial charge on any atom is -0.464 e. The zero-order valence-electron chi connectivity index (χ0n) is 21.1. The minimum atomic E-state index is -2.05. The molecule has 0 spiro atoms. The Bertz CT molecular complexity index is 1010. The molecule has 2 aliphatic heterocycles. The molecule has 3 saturated carbocycles. The van der Waals surface area contributed by atoms with Crippen molar-refractivity contribution in [1.29, 1.82) is 0 Å². The first-order valence-corrected chi connectivity index (χ1v) is 14.3. The fraction of sp³-hybridized carbons (Fsp3) is 0.852. The van der Waals surface area contributed by atoms with Crippen LogP contribution < -0.4 is 0 Å². The number of carbonyl (C=O) groups excluding carboxylic acids is 2. The lowest BCUT2D eigenvalue weighted by atomic mass is 9.44. The van der Waals surface area contributed by atoms with Crippen LogP contribution in [-0.2, 0) is 23.8 Å². The van der Waals surface area contributed by atoms with Gasteiger partial charge in [-0.15, -0.1) is 11.8 Å². The second kappa shape index (κ2) is 8.23. The Labute approximate surface area is 214 Å². The number of ketones is 1. The van der Waals surface area contributed by atoms with Crippen LogP contribution in [0, 0.1) is 22.7 Å². The number of thioether (sulfide) groups is 1. The lowest BCUT2D eigenvalue weighted by molar-refractivity contribution is -0.232. The van der Waals surface area contributed by atoms with Gasteiger partial charge in [-0.2, -0.15) is 0 Å². The van der Waals surface area contributed by atoms with Gasteiger partial charge >= 0.3 is 5.97 Å². The second-order valence-electron chi connectivity index (χ2n) is 12.2. The summed E-state index contributed by atoms with van der Waals surface area (Å²) in [7, 11) is 0. The molecule has 9 heteroatoms. The third-order valence-electron chi connectivity index (χ3n) is 10.4. The van der Waals surface area contributed by atoms with Gasteiger partial charge in [0.05, 0.1) is 17.8 Å². The number of aliphatic hydroxyl groups is 1. The number of carbonyl (C=O) groups is 2. The standard InChI is InChI=1S/C27H36F2O6S/c1-4-5-23-34-21-11-16-17-10-19(28)18-8-14(30)6-7-24(18,2)26(17,29)20(31)12-25(16,3)27(21,35-23)36-15-9-22(32)33-13-15/h8,15-17,19-21,23,31H,4-7,9-13H2,1-3H3/t15?,16-,17-,19-,20-,21+,23+,24-,25-,26-,27-/m0/s1. The average Bonchev–Trinajstić information content (AvgIpc) is 3.44. The number of alkyl halides is 2. The van der Waals surface area contributed by atoms with Crippen LogP contribution in [-0.4, -0.2) is 64.0 Å². The Kier molecular flexibility index (Phi) is 5.78. The summed E-state index contributed by atoms with van der Waals surface area (Å²) >= 11 is 1.54. The molecule has 0 bridgehead atoms. The van der Waals surface area contributed by atoms with Crippen molar-refractivity contribution in [2.45, 2.75) is 113 Å². The summed E-state index contributed by atoms with van der Waals surface area (Å²) in [4.78, 5) is 23.1. The summed E-state index contributed by atoms with van der Waals surface area (Å²) in [6.07, 6.45) is 0.559. The van der Waals surface area contributed by atoms with Crippen LogP contribution in [0.15, 0.2) is 11.6 Å². The van der Waals surface area contributed by atoms with E-state index in [9.17, 15) is 14.7 Å². The van der Waals surface area contributed by atoms with Crippen molar-refractivity contribution >= 4 is 23.5 Å². The average molecular weight is 527 g/mol. The van der Waals surface area contributed by atoms with Gasteiger partial charge < -0.3 is 19.3 Å². The first kappa shape index (κ1) is 25.3. The number of halogens is 2. The summed E-state index contributed by atoms with van der Waals surface area (Å²) in [5.74, 6) is -1.44. The van der Waals surface area contributed by atoms with Crippen molar-refractivity contribution in [1.82, 2.24) is 0 Å². The molecule has 6 rings (SSSR count). The van der Waals surface area contributed by atoms with Gasteiger partial charge in [-0.05, 0) is 49.7 Å². The molecule has 6 aliphatic rings. The molecule has 0 aromatic heterocycles. The fourth-order valence-electron chi connectivity index (χ4n) is 8.67. The molecule has 2 saturated heterocycles. The van der Waals surface area contributed by atoms with E-state index < -0.39 is 45.9 Å². The van der Waals surface area contributed by atoms with Crippen molar-refractivity contribution in [2.24, 2.45) is 22.7 Å². The maximum absolute atomic E-state index is 17.5. The Morgan fingerprint density at radius 2 is 2.00 bits per heavy atom. The van der Waals surface area contributed by atoms with Gasteiger partial charge in [-0.25, -0.2) is 8.78 Å². The molecule has 1 unspecified atom stereocenters. The highest BCUT2D eigenvalue weighted by Gasteiger charge is 2.79. The topological polar surface area (TPSA) is 82.1 Å². The van der Waals surface area contributed by atoms with Crippen LogP contribution in [0.25, 0.3) is 0 Å². The van der Waals surface area contributed by atoms with Gasteiger partial charge in [-0.1, -0.05) is 27.2 Å². The van der Waals surface area contributed by atoms with Gasteiger partial charge in [-0.3, -0.25) is 9.59 Å². The Balaban J connectivity index is 1.41. The molecule has 0 aromatic carbocycles. The summed E-state index contributed by atoms with van der Waals surface area (Å²) in [6.45, 7) is 6.07. The number of hydrogen-bond acceptors (Lipinski definition) is 7. The van der Waals surface area contributed by atoms with E-state index in [1.165, 1.54) is 17.8 Å². The molecule has 4 aliphatic carbocycles. The molecule has 6 nitrogen and oxygen atoms in total. The number of hydrogen-bond donors (Lipinski definition) is 1. The predicted octanol–water partition coefficient (Wildman–Crippen LogP) is 4.43. The van der Waals surface area contributed by atoms with Crippen molar-refractivity contribution in [3.63, 3.8) is 0 Å². The Morgan fingerprint density at radius 3 is 2.69 bits per heavy atom. The highest BCUT2D eigenvalue weighted by molar-refractivity contribution is 8.01. The van der Waals surface area contributed by atoms with E-state index in [0.717, 1.165) is 6.42 Å². The van der Waals surface area contributed by atoms with E-state index in [1.807, 2.05) is 6.92 Å². The molecule has 200 valence electrons. The number of cyclic esters (lactones) is 1. The van der Waals surface area contributed by atoms with Crippen LogP contribution in [0.3, 0.4) is 0 Å². The van der Waals surface area contributed by atoms with Gasteiger partial charge in [0.2, 0.25) is 0 Å². The molecule has 0 radical (unpaired) electrons. The smallest absolute Gasteiger partial charge is 0.307 e. The molecule has 2 heterocycles. The molecule has 0 aromatic rings. The monoisotopic (exact) mass is 526 g/mol. The van der Waals surface area contributed by atoms with Crippen molar-refractivity contribution in [2.75, 3.05) is 6.61 Å². The first-order valence-electron chi connectivity index (χ1n) is 13.4. The van der Waals surface area contributed by atoms with Crippen LogP contribution >= 0.6 is 11.8 Å². The molecule has 1 N–H and O–H groups in total. The van der Waals surface area contributed by atoms with E-state index >= 15 is 8.78 Å². The third-order valence-corrected chi connectivity index (χ3v) is 12.2. The fourth-order valence-corrected chi connectivity index (χ4v) is 10.5. The van der Waals surface area contributed by atoms with Gasteiger partial charge in [0, 0.05) is 23.2 Å². The van der Waals surface area contributed by atoms with Crippen LogP contribution in [0.5, 0.6) is 0 Å². The lowest BCUT2D eigenvalue weighted by Gasteiger charge is -2.64. The van der Waals surface area contributed by atoms with Crippen LogP contribution in [0.1, 0.15) is 72.1 Å². The van der Waals surface area contributed by atoms with Gasteiger partial charge in [0.25, 0.3) is 0 Å². The van der Waals surface area contributed by atoms with Crippen molar-refractivity contribution in [3.8, 4) is 0 Å². The maximum atomic E-state index is 17.5. The van der Waals surface area contributed by atoms with E-state index in [-0.39, 0.29) is 73.3 Å². The number of ether oxygens (including phenoxy) is 3. The number of rotatable bonds is 4. The van der Waals surface area contributed by atoms with Crippen molar-refractivity contribution < 1.29 is 37.7 Å². The predicted molar refractivity (Wildman–Crippen MR) is 128 cm³/mol. The SMILES string of the molecule is CCC[C@@H]1O[C@@H]2C[C@H]3[C@@H]4C[C@H](F)C5=CC(=O)CC[C@]5(C)[C@@]4(F)[C@@H](O)C[C@]3(C)[C@]2(SC2COC(=O)C2)O1. The van der Waals surface area contributed by atoms with Gasteiger partial charge in [0.1, 0.15) is 29.5 Å². The van der Waals surface area contributed by atoms with Crippen LogP contribution in [0.2, 0.25) is 0 Å². The molecule has 36 heavy (non-hydrogen) atoms. The second-order valence-corrected chi connectivity index (χ2v) is 13.7. The molecule has 0 amide bonds. The number of fused-ring (bicyclic) bond motifs is 7. The molecule has 11 atom stereocenters. The summed E-state index contributed by atoms with van der Waals surface area (Å²) in [5.41, 5.74) is -3.77. The zero-order chi connectivity index (χ0) is 25.7. The van der Waals surface area contributed by atoms with Crippen molar-refractivity contribution in [3.05, 3.63) is 11.6 Å². The van der Waals surface area contributed by atoms with Crippen LogP contribution in [0.4, 0.5) is 8.78 Å². The van der Waals surface area contributed by atoms with Gasteiger partial charge in [0.15, 0.2) is 12.1 Å². The zero-order valence-corrected chi connectivity index (χ0v) is 22.0. The Morgan fingerprint density at radius 1 is 1.22 bits per heavy atom. The normalized spacial score (nSPS) is 53.8. The van der Waals surface area contributed by atoms with E-state index in [1.54, 1.807) is 6.92 Å². The molecule has 5 fully saturated rings. The number of allylic oxidation sites excluding steroid dienone is 1. The first-order chi connectivity index (χ1) is 17.0.